The predicted octanol–water partition coefficient (Wildman–Crippen LogP) is 4.19. The van der Waals surface area contributed by atoms with Crippen LogP contribution in [0.3, 0.4) is 0 Å². The molecule has 0 fully saturated rings. The van der Waals surface area contributed by atoms with Gasteiger partial charge in [-0.3, -0.25) is 4.79 Å². The van der Waals surface area contributed by atoms with Gasteiger partial charge in [0, 0.05) is 13.0 Å². The molecule has 1 amide bonds. The average Bonchev–Trinajstić information content (AvgIpc) is 2.84. The second-order valence-corrected chi connectivity index (χ2v) is 7.69. The Kier molecular flexibility index (Phi) is 7.98. The highest BCUT2D eigenvalue weighted by Crippen LogP contribution is 2.38. The third-order valence-corrected chi connectivity index (χ3v) is 5.75. The third-order valence-electron chi connectivity index (χ3n) is 5.75. The Balaban J connectivity index is 1.87. The lowest BCUT2D eigenvalue weighted by atomic mass is 9.91. The normalized spacial score (nSPS) is 15.0. The molecule has 172 valence electrons. The lowest BCUT2D eigenvalue weighted by Crippen LogP contribution is -2.42. The number of fused-ring (bicyclic) bond motifs is 1. The molecule has 0 saturated carbocycles. The minimum atomic E-state index is -0.397. The predicted molar refractivity (Wildman–Crippen MR) is 121 cm³/mol. The summed E-state index contributed by atoms with van der Waals surface area (Å²) in [6.45, 7) is 2.99. The molecule has 3 rings (SSSR count). The van der Waals surface area contributed by atoms with Crippen molar-refractivity contribution in [3.8, 4) is 17.2 Å². The summed E-state index contributed by atoms with van der Waals surface area (Å²) < 4.78 is 21.8. The van der Waals surface area contributed by atoms with Crippen LogP contribution in [0.15, 0.2) is 36.4 Å². The standard InChI is InChI=1S/C25H31NO6/c1-5-6-7-24(27)26-13-12-18-14-22(29-2)23(30-3)15-20(18)21(26)16-32-19-10-8-17(9-11-19)25(28)31-4/h8-11,14-15,21H,5-7,12-13,16H2,1-4H3. The number of methoxy groups -OCH3 is 3. The lowest BCUT2D eigenvalue weighted by molar-refractivity contribution is -0.135. The Morgan fingerprint density at radius 1 is 1.03 bits per heavy atom. The van der Waals surface area contributed by atoms with E-state index in [0.29, 0.717) is 35.8 Å². The van der Waals surface area contributed by atoms with Gasteiger partial charge in [0.25, 0.3) is 0 Å². The van der Waals surface area contributed by atoms with Gasteiger partial charge < -0.3 is 23.8 Å². The minimum absolute atomic E-state index is 0.127. The second-order valence-electron chi connectivity index (χ2n) is 7.69. The molecular weight excluding hydrogens is 410 g/mol. The highest BCUT2D eigenvalue weighted by molar-refractivity contribution is 5.89. The highest BCUT2D eigenvalue weighted by atomic mass is 16.5. The van der Waals surface area contributed by atoms with Gasteiger partial charge in [-0.1, -0.05) is 13.3 Å². The van der Waals surface area contributed by atoms with Crippen LogP contribution < -0.4 is 14.2 Å². The van der Waals surface area contributed by atoms with Gasteiger partial charge >= 0.3 is 5.97 Å². The van der Waals surface area contributed by atoms with Gasteiger partial charge in [-0.25, -0.2) is 4.79 Å². The second kappa shape index (κ2) is 10.9. The first-order valence-electron chi connectivity index (χ1n) is 10.9. The van der Waals surface area contributed by atoms with Gasteiger partial charge in [-0.15, -0.1) is 0 Å². The molecule has 0 saturated heterocycles. The van der Waals surface area contributed by atoms with Crippen LogP contribution in [0.1, 0.15) is 53.7 Å². The highest BCUT2D eigenvalue weighted by Gasteiger charge is 2.32. The average molecular weight is 442 g/mol. The van der Waals surface area contributed by atoms with Crippen molar-refractivity contribution in [1.29, 1.82) is 0 Å². The topological polar surface area (TPSA) is 74.3 Å². The van der Waals surface area contributed by atoms with Crippen molar-refractivity contribution in [2.75, 3.05) is 34.5 Å². The van der Waals surface area contributed by atoms with E-state index in [-0.39, 0.29) is 18.6 Å². The van der Waals surface area contributed by atoms with Crippen molar-refractivity contribution in [1.82, 2.24) is 4.90 Å². The fraction of sp³-hybridized carbons (Fsp3) is 0.440. The first-order valence-corrected chi connectivity index (χ1v) is 10.9. The molecule has 0 radical (unpaired) electrons. The third kappa shape index (κ3) is 5.15. The van der Waals surface area contributed by atoms with E-state index in [0.717, 1.165) is 30.4 Å². The van der Waals surface area contributed by atoms with Gasteiger partial charge in [0.1, 0.15) is 12.4 Å². The summed E-state index contributed by atoms with van der Waals surface area (Å²) in [6.07, 6.45) is 3.09. The number of hydrogen-bond donors (Lipinski definition) is 0. The van der Waals surface area contributed by atoms with Crippen LogP contribution in [0.2, 0.25) is 0 Å². The van der Waals surface area contributed by atoms with Crippen LogP contribution in [0, 0.1) is 0 Å². The van der Waals surface area contributed by atoms with E-state index in [1.807, 2.05) is 17.0 Å². The van der Waals surface area contributed by atoms with E-state index < -0.39 is 5.97 Å². The Morgan fingerprint density at radius 2 is 1.72 bits per heavy atom. The van der Waals surface area contributed by atoms with E-state index in [1.54, 1.807) is 38.5 Å². The number of amides is 1. The van der Waals surface area contributed by atoms with E-state index >= 15 is 0 Å². The summed E-state index contributed by atoms with van der Waals surface area (Å²) in [5, 5.41) is 0. The van der Waals surface area contributed by atoms with Crippen molar-refractivity contribution < 1.29 is 28.5 Å². The first kappa shape index (κ1) is 23.4. The van der Waals surface area contributed by atoms with Crippen LogP contribution in [0.25, 0.3) is 0 Å². The molecular formula is C25H31NO6. The van der Waals surface area contributed by atoms with E-state index in [9.17, 15) is 9.59 Å². The Hall–Kier alpha value is -3.22. The number of carbonyl (C=O) groups excluding carboxylic acids is 2. The van der Waals surface area contributed by atoms with Crippen molar-refractivity contribution in [2.45, 2.75) is 38.6 Å². The smallest absolute Gasteiger partial charge is 0.337 e. The number of carbonyl (C=O) groups is 2. The van der Waals surface area contributed by atoms with Crippen molar-refractivity contribution in [3.05, 3.63) is 53.1 Å². The zero-order chi connectivity index (χ0) is 23.1. The fourth-order valence-electron chi connectivity index (χ4n) is 3.96. The van der Waals surface area contributed by atoms with Crippen LogP contribution >= 0.6 is 0 Å². The van der Waals surface area contributed by atoms with Crippen molar-refractivity contribution >= 4 is 11.9 Å². The zero-order valence-corrected chi connectivity index (χ0v) is 19.2. The summed E-state index contributed by atoms with van der Waals surface area (Å²) in [6, 6.07) is 10.5. The molecule has 7 heteroatoms. The van der Waals surface area contributed by atoms with Crippen molar-refractivity contribution in [3.63, 3.8) is 0 Å². The maximum Gasteiger partial charge on any atom is 0.337 e. The van der Waals surface area contributed by atoms with Gasteiger partial charge in [-0.05, 0) is 60.4 Å². The van der Waals surface area contributed by atoms with Gasteiger partial charge in [0.2, 0.25) is 5.91 Å². The number of ether oxygens (including phenoxy) is 4. The Bertz CT molecular complexity index is 940. The summed E-state index contributed by atoms with van der Waals surface area (Å²) in [7, 11) is 4.57. The number of nitrogens with zero attached hydrogens (tertiary/aromatic N) is 1. The molecule has 0 spiro atoms. The molecule has 32 heavy (non-hydrogen) atoms. The lowest BCUT2D eigenvalue weighted by Gasteiger charge is -2.37. The maximum atomic E-state index is 13.0. The van der Waals surface area contributed by atoms with Gasteiger partial charge in [0.15, 0.2) is 11.5 Å². The van der Waals surface area contributed by atoms with Crippen LogP contribution in [0.5, 0.6) is 17.2 Å². The maximum absolute atomic E-state index is 13.0. The van der Waals surface area contributed by atoms with Crippen LogP contribution in [0.4, 0.5) is 0 Å². The molecule has 0 N–H and O–H groups in total. The summed E-state index contributed by atoms with van der Waals surface area (Å²) in [5.74, 6) is 1.65. The fourth-order valence-corrected chi connectivity index (χ4v) is 3.96. The molecule has 0 aromatic heterocycles. The van der Waals surface area contributed by atoms with Crippen molar-refractivity contribution in [2.24, 2.45) is 0 Å². The summed E-state index contributed by atoms with van der Waals surface area (Å²) >= 11 is 0. The molecule has 0 aliphatic carbocycles. The summed E-state index contributed by atoms with van der Waals surface area (Å²) in [4.78, 5) is 26.5. The van der Waals surface area contributed by atoms with E-state index in [4.69, 9.17) is 18.9 Å². The van der Waals surface area contributed by atoms with Crippen LogP contribution in [-0.2, 0) is 16.0 Å². The summed E-state index contributed by atoms with van der Waals surface area (Å²) in [5.41, 5.74) is 2.58. The SMILES string of the molecule is CCCCC(=O)N1CCc2cc(OC)c(OC)cc2C1COc1ccc(C(=O)OC)cc1. The number of hydrogen-bond acceptors (Lipinski definition) is 6. The molecule has 1 heterocycles. The molecule has 1 unspecified atom stereocenters. The largest absolute Gasteiger partial charge is 0.493 e. The van der Waals surface area contributed by atoms with Gasteiger partial charge in [-0.2, -0.15) is 0 Å². The zero-order valence-electron chi connectivity index (χ0n) is 19.2. The molecule has 1 aliphatic rings. The van der Waals surface area contributed by atoms with Gasteiger partial charge in [0.05, 0.1) is 32.9 Å². The van der Waals surface area contributed by atoms with Crippen LogP contribution in [-0.4, -0.2) is 51.3 Å². The molecule has 2 aromatic carbocycles. The van der Waals surface area contributed by atoms with E-state index in [2.05, 4.69) is 6.92 Å². The molecule has 1 aliphatic heterocycles. The first-order chi connectivity index (χ1) is 15.5. The minimum Gasteiger partial charge on any atom is -0.493 e. The molecule has 1 atom stereocenters. The quantitative estimate of drug-likeness (QED) is 0.544. The number of unbranched alkanes of at least 4 members (excludes halogenated alkanes) is 1. The Morgan fingerprint density at radius 3 is 2.34 bits per heavy atom. The molecule has 0 bridgehead atoms. The van der Waals surface area contributed by atoms with E-state index in [1.165, 1.54) is 7.11 Å². The number of benzene rings is 2. The monoisotopic (exact) mass is 441 g/mol. The number of rotatable bonds is 9. The molecule has 2 aromatic rings. The number of esters is 1. The Labute approximate surface area is 189 Å². The molecule has 7 nitrogen and oxygen atoms in total.